The molecule has 9 heavy (non-hydrogen) atoms. The Morgan fingerprint density at radius 3 is 2.56 bits per heavy atom. The van der Waals surface area contributed by atoms with Gasteiger partial charge in [-0.15, -0.1) is 11.3 Å². The van der Waals surface area contributed by atoms with Crippen molar-refractivity contribution in [2.75, 3.05) is 0 Å². The molecule has 0 aromatic carbocycles. The van der Waals surface area contributed by atoms with Gasteiger partial charge in [0.15, 0.2) is 0 Å². The zero-order valence-electron chi connectivity index (χ0n) is 5.57. The quantitative estimate of drug-likeness (QED) is 0.592. The fraction of sp³-hybridized carbons (Fsp3) is 0.429. The summed E-state index contributed by atoms with van der Waals surface area (Å²) in [6.45, 7) is 4.23. The van der Waals surface area contributed by atoms with Crippen LogP contribution >= 0.6 is 22.9 Å². The van der Waals surface area contributed by atoms with Crippen molar-refractivity contribution >= 4 is 22.9 Å². The zero-order valence-corrected chi connectivity index (χ0v) is 7.14. The SMILES string of the molecule is CCc1c(Cl)csc1C. The highest BCUT2D eigenvalue weighted by atomic mass is 35.5. The maximum Gasteiger partial charge on any atom is 0.0547 e. The number of thiophene rings is 1. The Balaban J connectivity index is 3.07. The van der Waals surface area contributed by atoms with Crippen molar-refractivity contribution in [3.63, 3.8) is 0 Å². The molecule has 0 amide bonds. The molecule has 1 aromatic rings. The van der Waals surface area contributed by atoms with Gasteiger partial charge >= 0.3 is 0 Å². The summed E-state index contributed by atoms with van der Waals surface area (Å²) in [5.41, 5.74) is 1.31. The van der Waals surface area contributed by atoms with Gasteiger partial charge in [-0.3, -0.25) is 0 Å². The van der Waals surface area contributed by atoms with Crippen molar-refractivity contribution in [1.82, 2.24) is 0 Å². The third-order valence-electron chi connectivity index (χ3n) is 1.41. The molecule has 0 spiro atoms. The van der Waals surface area contributed by atoms with Crippen LogP contribution in [0.3, 0.4) is 0 Å². The summed E-state index contributed by atoms with van der Waals surface area (Å²) >= 11 is 7.58. The molecular weight excluding hydrogens is 152 g/mol. The normalized spacial score (nSPS) is 10.1. The Bertz CT molecular complexity index is 183. The average Bonchev–Trinajstić information content (AvgIpc) is 2.12. The number of aryl methyl sites for hydroxylation is 1. The molecule has 1 aromatic heterocycles. The van der Waals surface area contributed by atoms with Gasteiger partial charge in [-0.05, 0) is 18.9 Å². The smallest absolute Gasteiger partial charge is 0.0547 e. The molecule has 0 bridgehead atoms. The van der Waals surface area contributed by atoms with Gasteiger partial charge in [0.1, 0.15) is 0 Å². The van der Waals surface area contributed by atoms with Crippen molar-refractivity contribution in [3.8, 4) is 0 Å². The first-order valence-electron chi connectivity index (χ1n) is 2.98. The molecule has 0 N–H and O–H groups in total. The van der Waals surface area contributed by atoms with Crippen LogP contribution in [-0.4, -0.2) is 0 Å². The minimum atomic E-state index is 0.931. The summed E-state index contributed by atoms with van der Waals surface area (Å²) < 4.78 is 0. The van der Waals surface area contributed by atoms with Crippen LogP contribution in [0.25, 0.3) is 0 Å². The predicted octanol–water partition coefficient (Wildman–Crippen LogP) is 3.27. The van der Waals surface area contributed by atoms with Crippen LogP contribution in [0.2, 0.25) is 5.02 Å². The van der Waals surface area contributed by atoms with Gasteiger partial charge in [0.25, 0.3) is 0 Å². The van der Waals surface area contributed by atoms with Crippen molar-refractivity contribution in [2.45, 2.75) is 20.3 Å². The van der Waals surface area contributed by atoms with Crippen LogP contribution in [0.15, 0.2) is 5.38 Å². The van der Waals surface area contributed by atoms with Gasteiger partial charge in [-0.2, -0.15) is 0 Å². The monoisotopic (exact) mass is 160 g/mol. The van der Waals surface area contributed by atoms with Gasteiger partial charge in [0.05, 0.1) is 5.02 Å². The summed E-state index contributed by atoms with van der Waals surface area (Å²) in [7, 11) is 0. The van der Waals surface area contributed by atoms with E-state index in [1.807, 2.05) is 5.38 Å². The van der Waals surface area contributed by atoms with Crippen LogP contribution in [0.5, 0.6) is 0 Å². The molecule has 1 rings (SSSR count). The predicted molar refractivity (Wildman–Crippen MR) is 43.4 cm³/mol. The molecule has 50 valence electrons. The van der Waals surface area contributed by atoms with Crippen molar-refractivity contribution in [3.05, 3.63) is 20.8 Å². The second-order valence-corrected chi connectivity index (χ2v) is 3.46. The Morgan fingerprint density at radius 1 is 1.67 bits per heavy atom. The molecule has 2 heteroatoms. The molecule has 0 saturated heterocycles. The van der Waals surface area contributed by atoms with E-state index in [0.717, 1.165) is 11.4 Å². The van der Waals surface area contributed by atoms with E-state index in [1.165, 1.54) is 10.4 Å². The topological polar surface area (TPSA) is 0 Å². The third kappa shape index (κ3) is 1.28. The van der Waals surface area contributed by atoms with E-state index in [2.05, 4.69) is 13.8 Å². The van der Waals surface area contributed by atoms with E-state index in [-0.39, 0.29) is 0 Å². The molecule has 0 aliphatic carbocycles. The van der Waals surface area contributed by atoms with Crippen molar-refractivity contribution in [2.24, 2.45) is 0 Å². The Hall–Kier alpha value is -0.0100. The summed E-state index contributed by atoms with van der Waals surface area (Å²) in [6, 6.07) is 0. The van der Waals surface area contributed by atoms with Crippen LogP contribution in [0.1, 0.15) is 17.4 Å². The van der Waals surface area contributed by atoms with Gasteiger partial charge < -0.3 is 0 Å². The van der Waals surface area contributed by atoms with E-state index < -0.39 is 0 Å². The molecular formula is C7H9ClS. The van der Waals surface area contributed by atoms with E-state index in [9.17, 15) is 0 Å². The summed E-state index contributed by atoms with van der Waals surface area (Å²) in [5.74, 6) is 0. The fourth-order valence-electron chi connectivity index (χ4n) is 0.868. The molecule has 0 fully saturated rings. The minimum absolute atomic E-state index is 0.931. The highest BCUT2D eigenvalue weighted by Gasteiger charge is 2.01. The first-order valence-corrected chi connectivity index (χ1v) is 4.24. The van der Waals surface area contributed by atoms with Gasteiger partial charge in [-0.25, -0.2) is 0 Å². The number of hydrogen-bond donors (Lipinski definition) is 0. The van der Waals surface area contributed by atoms with E-state index in [1.54, 1.807) is 11.3 Å². The number of halogens is 1. The summed E-state index contributed by atoms with van der Waals surface area (Å²) in [5, 5.41) is 2.93. The van der Waals surface area contributed by atoms with Crippen LogP contribution in [0.4, 0.5) is 0 Å². The van der Waals surface area contributed by atoms with Crippen LogP contribution in [0, 0.1) is 6.92 Å². The molecule has 0 nitrogen and oxygen atoms in total. The van der Waals surface area contributed by atoms with Crippen molar-refractivity contribution in [1.29, 1.82) is 0 Å². The zero-order chi connectivity index (χ0) is 6.85. The Labute approximate surface area is 64.5 Å². The lowest BCUT2D eigenvalue weighted by Gasteiger charge is -1.91. The van der Waals surface area contributed by atoms with E-state index in [0.29, 0.717) is 0 Å². The Morgan fingerprint density at radius 2 is 2.33 bits per heavy atom. The second-order valence-electron chi connectivity index (χ2n) is 1.97. The first-order chi connectivity index (χ1) is 4.25. The molecule has 1 heterocycles. The molecule has 0 atom stereocenters. The Kier molecular flexibility index (Phi) is 2.14. The molecule has 0 unspecified atom stereocenters. The first kappa shape index (κ1) is 7.10. The molecule has 0 radical (unpaired) electrons. The maximum atomic E-state index is 5.86. The van der Waals surface area contributed by atoms with E-state index >= 15 is 0 Å². The largest absolute Gasteiger partial charge is 0.147 e. The maximum absolute atomic E-state index is 5.86. The fourth-order valence-corrected chi connectivity index (χ4v) is 2.15. The van der Waals surface area contributed by atoms with Crippen LogP contribution in [-0.2, 0) is 6.42 Å². The van der Waals surface area contributed by atoms with Crippen LogP contribution < -0.4 is 0 Å². The summed E-state index contributed by atoms with van der Waals surface area (Å²) in [4.78, 5) is 1.35. The van der Waals surface area contributed by atoms with Gasteiger partial charge in [0.2, 0.25) is 0 Å². The summed E-state index contributed by atoms with van der Waals surface area (Å²) in [6.07, 6.45) is 1.05. The lowest BCUT2D eigenvalue weighted by atomic mass is 10.2. The second kappa shape index (κ2) is 2.72. The van der Waals surface area contributed by atoms with E-state index in [4.69, 9.17) is 11.6 Å². The average molecular weight is 161 g/mol. The van der Waals surface area contributed by atoms with Gasteiger partial charge in [0, 0.05) is 10.3 Å². The number of rotatable bonds is 1. The van der Waals surface area contributed by atoms with Crippen molar-refractivity contribution < 1.29 is 0 Å². The third-order valence-corrected chi connectivity index (χ3v) is 2.83. The lowest BCUT2D eigenvalue weighted by Crippen LogP contribution is -1.77. The highest BCUT2D eigenvalue weighted by molar-refractivity contribution is 7.10. The molecule has 0 aliphatic heterocycles. The number of hydrogen-bond acceptors (Lipinski definition) is 1. The molecule has 0 saturated carbocycles. The standard InChI is InChI=1S/C7H9ClS/c1-3-6-5(2)9-4-7(6)8/h4H,3H2,1-2H3. The minimum Gasteiger partial charge on any atom is -0.147 e. The van der Waals surface area contributed by atoms with Gasteiger partial charge in [-0.1, -0.05) is 18.5 Å². The lowest BCUT2D eigenvalue weighted by molar-refractivity contribution is 1.13. The molecule has 0 aliphatic rings. The highest BCUT2D eigenvalue weighted by Crippen LogP contribution is 2.26.